The van der Waals surface area contributed by atoms with E-state index in [0.29, 0.717) is 18.7 Å². The molecule has 9 heteroatoms. The molecule has 0 atom stereocenters. The van der Waals surface area contributed by atoms with Crippen LogP contribution in [0.5, 0.6) is 0 Å². The van der Waals surface area contributed by atoms with E-state index >= 15 is 0 Å². The van der Waals surface area contributed by atoms with E-state index in [4.69, 9.17) is 0 Å². The molecule has 3 aromatic rings. The number of carbonyl (C=O) groups is 3. The fourth-order valence-corrected chi connectivity index (χ4v) is 7.41. The van der Waals surface area contributed by atoms with Crippen LogP contribution in [0.4, 0.5) is 5.69 Å². The summed E-state index contributed by atoms with van der Waals surface area (Å²) in [7, 11) is 2.16. The summed E-state index contributed by atoms with van der Waals surface area (Å²) < 4.78 is 1.20. The van der Waals surface area contributed by atoms with Crippen molar-refractivity contribution in [3.8, 4) is 0 Å². The topological polar surface area (TPSA) is 85.0 Å². The SMILES string of the molecule is CCN(CC)C(=O)c1ccc(C(=C2CCNCC2)c2cccc(NC(C)=O)c2)cc1.CCN(CC)C(=O)c1ccc(C(Br)=C2CCN(C)CC2)cc1. The number of halogens is 1. The molecule has 0 unspecified atom stereocenters. The lowest BCUT2D eigenvalue weighted by atomic mass is 9.88. The number of rotatable bonds is 10. The van der Waals surface area contributed by atoms with E-state index in [1.54, 1.807) is 0 Å². The fourth-order valence-electron chi connectivity index (χ4n) is 6.75. The van der Waals surface area contributed by atoms with Crippen molar-refractivity contribution in [3.05, 3.63) is 112 Å². The normalized spacial score (nSPS) is 14.5. The molecule has 2 N–H and O–H groups in total. The second-order valence-electron chi connectivity index (χ2n) is 13.3. The molecule has 0 aromatic heterocycles. The van der Waals surface area contributed by atoms with E-state index in [1.165, 1.54) is 28.1 Å². The van der Waals surface area contributed by atoms with Crippen molar-refractivity contribution in [2.45, 2.75) is 60.3 Å². The van der Waals surface area contributed by atoms with Gasteiger partial charge < -0.3 is 25.3 Å². The Morgan fingerprint density at radius 2 is 1.15 bits per heavy atom. The number of nitrogens with zero attached hydrogens (tertiary/aromatic N) is 3. The van der Waals surface area contributed by atoms with Gasteiger partial charge in [-0.15, -0.1) is 0 Å². The maximum absolute atomic E-state index is 12.7. The highest BCUT2D eigenvalue weighted by molar-refractivity contribution is 9.15. The molecule has 5 rings (SSSR count). The van der Waals surface area contributed by atoms with Crippen molar-refractivity contribution in [3.63, 3.8) is 0 Å². The molecule has 0 aliphatic carbocycles. The van der Waals surface area contributed by atoms with Crippen molar-refractivity contribution in [2.24, 2.45) is 0 Å². The molecule has 278 valence electrons. The summed E-state index contributed by atoms with van der Waals surface area (Å²) >= 11 is 3.75. The Bertz CT molecular complexity index is 1710. The summed E-state index contributed by atoms with van der Waals surface area (Å²) in [6, 6.07) is 23.9. The van der Waals surface area contributed by atoms with Crippen molar-refractivity contribution < 1.29 is 14.4 Å². The van der Waals surface area contributed by atoms with Gasteiger partial charge in [-0.25, -0.2) is 0 Å². The fraction of sp³-hybridized carbons (Fsp3) is 0.419. The Hall–Kier alpha value is -4.05. The number of carbonyl (C=O) groups excluding carboxylic acids is 3. The standard InChI is InChI=1S/C25H31N3O2.C18H25BrN2O/c1-4-28(5-2)25(30)21-11-9-19(10-12-21)24(20-13-15-26-16-14-20)22-7-6-8-23(17-22)27-18(3)29;1-4-21(5-2)18(22)16-8-6-14(7-9-16)17(19)15-10-12-20(3)13-11-15/h6-12,17,26H,4-5,13-16H2,1-3H3,(H,27,29);6-9H,4-5,10-13H2,1-3H3. The van der Waals surface area contributed by atoms with E-state index in [0.717, 1.165) is 92.9 Å². The van der Waals surface area contributed by atoms with Gasteiger partial charge in [-0.05, 0) is 132 Å². The largest absolute Gasteiger partial charge is 0.339 e. The lowest BCUT2D eigenvalue weighted by Crippen LogP contribution is -2.30. The number of anilines is 1. The van der Waals surface area contributed by atoms with Gasteiger partial charge in [-0.3, -0.25) is 14.4 Å². The molecule has 0 saturated carbocycles. The van der Waals surface area contributed by atoms with E-state index in [9.17, 15) is 14.4 Å². The van der Waals surface area contributed by atoms with Crippen LogP contribution < -0.4 is 10.6 Å². The van der Waals surface area contributed by atoms with Gasteiger partial charge in [0.2, 0.25) is 5.91 Å². The lowest BCUT2D eigenvalue weighted by Gasteiger charge is -2.25. The molecule has 2 fully saturated rings. The van der Waals surface area contributed by atoms with E-state index < -0.39 is 0 Å². The summed E-state index contributed by atoms with van der Waals surface area (Å²) in [5.41, 5.74) is 9.69. The maximum atomic E-state index is 12.7. The molecule has 52 heavy (non-hydrogen) atoms. The van der Waals surface area contributed by atoms with Crippen LogP contribution in [0.3, 0.4) is 0 Å². The van der Waals surface area contributed by atoms with Crippen LogP contribution in [0.2, 0.25) is 0 Å². The minimum atomic E-state index is -0.0810. The average Bonchev–Trinajstić information content (AvgIpc) is 3.17. The molecule has 0 spiro atoms. The quantitative estimate of drug-likeness (QED) is 0.217. The van der Waals surface area contributed by atoms with Crippen molar-refractivity contribution in [2.75, 3.05) is 64.7 Å². The first-order valence-electron chi connectivity index (χ1n) is 18.8. The predicted octanol–water partition coefficient (Wildman–Crippen LogP) is 8.31. The molecule has 3 aromatic carbocycles. The van der Waals surface area contributed by atoms with Gasteiger partial charge in [-0.2, -0.15) is 0 Å². The Kier molecular flexibility index (Phi) is 15.9. The van der Waals surface area contributed by atoms with Crippen LogP contribution in [-0.4, -0.2) is 91.8 Å². The first kappa shape index (κ1) is 40.7. The van der Waals surface area contributed by atoms with Crippen LogP contribution in [0.1, 0.15) is 97.7 Å². The van der Waals surface area contributed by atoms with Gasteiger partial charge in [0.15, 0.2) is 0 Å². The summed E-state index contributed by atoms with van der Waals surface area (Å²) in [4.78, 5) is 42.5. The first-order chi connectivity index (χ1) is 25.1. The lowest BCUT2D eigenvalue weighted by molar-refractivity contribution is -0.114. The zero-order valence-corrected chi connectivity index (χ0v) is 33.4. The molecular formula is C43H56BrN5O3. The van der Waals surface area contributed by atoms with Crippen LogP contribution in [0.15, 0.2) is 83.9 Å². The van der Waals surface area contributed by atoms with Gasteiger partial charge in [-0.1, -0.05) is 63.5 Å². The van der Waals surface area contributed by atoms with Crippen LogP contribution >= 0.6 is 15.9 Å². The third-order valence-electron chi connectivity index (χ3n) is 9.84. The molecule has 0 bridgehead atoms. The summed E-state index contributed by atoms with van der Waals surface area (Å²) in [6.07, 6.45) is 4.19. The van der Waals surface area contributed by atoms with Gasteiger partial charge in [0.25, 0.3) is 11.8 Å². The van der Waals surface area contributed by atoms with Crippen LogP contribution in [-0.2, 0) is 4.79 Å². The Labute approximate surface area is 319 Å². The second kappa shape index (κ2) is 20.3. The minimum Gasteiger partial charge on any atom is -0.339 e. The van der Waals surface area contributed by atoms with Crippen molar-refractivity contribution in [1.82, 2.24) is 20.0 Å². The highest BCUT2D eigenvalue weighted by Gasteiger charge is 2.18. The zero-order chi connectivity index (χ0) is 37.6. The predicted molar refractivity (Wildman–Crippen MR) is 219 cm³/mol. The molecule has 2 heterocycles. The third-order valence-corrected chi connectivity index (χ3v) is 10.9. The molecule has 8 nitrogen and oxygen atoms in total. The number of nitrogens with one attached hydrogen (secondary N) is 2. The summed E-state index contributed by atoms with van der Waals surface area (Å²) in [5, 5.41) is 6.30. The number of amides is 3. The minimum absolute atomic E-state index is 0.0651. The Morgan fingerprint density at radius 1 is 0.673 bits per heavy atom. The van der Waals surface area contributed by atoms with Crippen molar-refractivity contribution in [1.29, 1.82) is 0 Å². The van der Waals surface area contributed by atoms with Crippen LogP contribution in [0.25, 0.3) is 10.1 Å². The molecule has 2 saturated heterocycles. The van der Waals surface area contributed by atoms with E-state index in [-0.39, 0.29) is 17.7 Å². The van der Waals surface area contributed by atoms with Crippen molar-refractivity contribution >= 4 is 49.4 Å². The van der Waals surface area contributed by atoms with Crippen LogP contribution in [0, 0.1) is 0 Å². The molecule has 0 radical (unpaired) electrons. The Balaban J connectivity index is 0.000000244. The maximum Gasteiger partial charge on any atom is 0.253 e. The van der Waals surface area contributed by atoms with Gasteiger partial charge >= 0.3 is 0 Å². The van der Waals surface area contributed by atoms with Gasteiger partial charge in [0.05, 0.1) is 0 Å². The highest BCUT2D eigenvalue weighted by Crippen LogP contribution is 2.33. The third kappa shape index (κ3) is 11.0. The zero-order valence-electron chi connectivity index (χ0n) is 31.9. The highest BCUT2D eigenvalue weighted by atomic mass is 79.9. The summed E-state index contributed by atoms with van der Waals surface area (Å²) in [5.74, 6) is 0.0948. The second-order valence-corrected chi connectivity index (χ2v) is 14.1. The van der Waals surface area contributed by atoms with Gasteiger partial charge in [0, 0.05) is 67.5 Å². The number of hydrogen-bond donors (Lipinski definition) is 2. The number of likely N-dealkylation sites (tertiary alicyclic amines) is 1. The molecule has 3 amide bonds. The monoisotopic (exact) mass is 769 g/mol. The molecule has 2 aliphatic rings. The van der Waals surface area contributed by atoms with E-state index in [1.807, 2.05) is 104 Å². The first-order valence-corrected chi connectivity index (χ1v) is 19.5. The summed E-state index contributed by atoms with van der Waals surface area (Å²) in [6.45, 7) is 16.6. The molecular weight excluding hydrogens is 714 g/mol. The Morgan fingerprint density at radius 3 is 1.63 bits per heavy atom. The van der Waals surface area contributed by atoms with Gasteiger partial charge in [0.1, 0.15) is 0 Å². The number of benzene rings is 3. The average molecular weight is 771 g/mol. The molecule has 2 aliphatic heterocycles. The number of piperidine rings is 2. The number of hydrogen-bond acceptors (Lipinski definition) is 5. The smallest absolute Gasteiger partial charge is 0.253 e. The van der Waals surface area contributed by atoms with E-state index in [2.05, 4.69) is 44.6 Å².